The molecule has 1 aliphatic carbocycles. The number of nitriles is 1. The van der Waals surface area contributed by atoms with Crippen LogP contribution in [0, 0.1) is 11.3 Å². The SMILES string of the molecule is COc1cc([C@H]2C(C#N)=C(SCC(=O)Nc3ccccc3C(F)(F)F)NC3=C2C(=O)CCC3)cc(OC)c1OC. The number of carbonyl (C=O) groups is 2. The molecule has 2 N–H and O–H groups in total. The number of rotatable bonds is 8. The Morgan fingerprint density at radius 1 is 1.12 bits per heavy atom. The minimum absolute atomic E-state index is 0.106. The number of thioether (sulfide) groups is 1. The molecule has 1 amide bonds. The number of allylic oxidation sites excluding steroid dienone is 3. The van der Waals surface area contributed by atoms with Crippen LogP contribution in [-0.2, 0) is 15.8 Å². The number of anilines is 1. The average molecular weight is 574 g/mol. The van der Waals surface area contributed by atoms with Gasteiger partial charge in [-0.1, -0.05) is 23.9 Å². The number of halogens is 3. The number of nitrogens with one attached hydrogen (secondary N) is 2. The number of methoxy groups -OCH3 is 3. The van der Waals surface area contributed by atoms with Crippen LogP contribution in [0.4, 0.5) is 18.9 Å². The highest BCUT2D eigenvalue weighted by Gasteiger charge is 2.38. The minimum atomic E-state index is -4.64. The monoisotopic (exact) mass is 573 g/mol. The highest BCUT2D eigenvalue weighted by atomic mass is 32.2. The molecular formula is C28H26F3N3O5S. The Kier molecular flexibility index (Phi) is 8.64. The van der Waals surface area contributed by atoms with Crippen molar-refractivity contribution in [3.63, 3.8) is 0 Å². The van der Waals surface area contributed by atoms with E-state index in [0.717, 1.165) is 17.8 Å². The fraction of sp³-hybridized carbons (Fsp3) is 0.321. The molecule has 0 radical (unpaired) electrons. The standard InChI is InChI=1S/C28H26F3N3O5S/c1-37-21-11-15(12-22(38-2)26(21)39-3)24-16(13-32)27(34-19-9-6-10-20(35)25(19)24)40-14-23(36)33-18-8-5-4-7-17(18)28(29,30)31/h4-5,7-8,11-12,24,34H,6,9-10,14H2,1-3H3,(H,33,36)/t24-/m0/s1. The van der Waals surface area contributed by atoms with Gasteiger partial charge >= 0.3 is 6.18 Å². The number of dihydropyridines is 1. The van der Waals surface area contributed by atoms with Gasteiger partial charge in [-0.15, -0.1) is 0 Å². The number of hydrogen-bond acceptors (Lipinski definition) is 8. The maximum atomic E-state index is 13.4. The molecule has 210 valence electrons. The van der Waals surface area contributed by atoms with Crippen molar-refractivity contribution in [2.45, 2.75) is 31.4 Å². The van der Waals surface area contributed by atoms with E-state index in [4.69, 9.17) is 14.2 Å². The summed E-state index contributed by atoms with van der Waals surface area (Å²) >= 11 is 0.974. The van der Waals surface area contributed by atoms with Gasteiger partial charge in [0, 0.05) is 17.7 Å². The molecule has 4 rings (SSSR count). The Hall–Kier alpha value is -4.11. The van der Waals surface area contributed by atoms with E-state index >= 15 is 0 Å². The van der Waals surface area contributed by atoms with Crippen LogP contribution < -0.4 is 24.8 Å². The van der Waals surface area contributed by atoms with Crippen LogP contribution in [0.5, 0.6) is 17.2 Å². The molecule has 0 saturated carbocycles. The highest BCUT2D eigenvalue weighted by Crippen LogP contribution is 2.48. The van der Waals surface area contributed by atoms with Crippen LogP contribution in [0.3, 0.4) is 0 Å². The zero-order valence-corrected chi connectivity index (χ0v) is 22.7. The third-order valence-corrected chi connectivity index (χ3v) is 7.55. The molecule has 0 unspecified atom stereocenters. The van der Waals surface area contributed by atoms with Crippen molar-refractivity contribution in [1.82, 2.24) is 5.32 Å². The lowest BCUT2D eigenvalue weighted by Crippen LogP contribution is -2.31. The van der Waals surface area contributed by atoms with Crippen LogP contribution in [0.15, 0.2) is 58.3 Å². The van der Waals surface area contributed by atoms with Gasteiger partial charge in [-0.05, 0) is 42.7 Å². The summed E-state index contributed by atoms with van der Waals surface area (Å²) in [5.74, 6) is -0.815. The third kappa shape index (κ3) is 5.74. The summed E-state index contributed by atoms with van der Waals surface area (Å²) < 4.78 is 56.4. The number of hydrogen-bond donors (Lipinski definition) is 2. The fourth-order valence-corrected chi connectivity index (χ4v) is 5.66. The number of alkyl halides is 3. The summed E-state index contributed by atoms with van der Waals surface area (Å²) in [4.78, 5) is 25.8. The first-order valence-electron chi connectivity index (χ1n) is 12.2. The number of benzene rings is 2. The van der Waals surface area contributed by atoms with Gasteiger partial charge in [-0.2, -0.15) is 18.4 Å². The first-order valence-corrected chi connectivity index (χ1v) is 13.2. The van der Waals surface area contributed by atoms with Gasteiger partial charge in [0.05, 0.1) is 60.9 Å². The van der Waals surface area contributed by atoms with Crippen LogP contribution in [-0.4, -0.2) is 38.8 Å². The quantitative estimate of drug-likeness (QED) is 0.424. The summed E-state index contributed by atoms with van der Waals surface area (Å²) in [5, 5.41) is 16.0. The Morgan fingerprint density at radius 3 is 2.40 bits per heavy atom. The van der Waals surface area contributed by atoms with Crippen molar-refractivity contribution < 1.29 is 37.0 Å². The van der Waals surface area contributed by atoms with Crippen LogP contribution in [0.1, 0.15) is 36.3 Å². The molecule has 2 aliphatic rings. The number of amides is 1. The van der Waals surface area contributed by atoms with E-state index in [-0.39, 0.29) is 22.8 Å². The normalized spacial score (nSPS) is 17.0. The van der Waals surface area contributed by atoms with Gasteiger partial charge in [0.1, 0.15) is 0 Å². The van der Waals surface area contributed by atoms with Gasteiger partial charge in [0.2, 0.25) is 11.7 Å². The number of para-hydroxylation sites is 1. The molecule has 2 aromatic carbocycles. The van der Waals surface area contributed by atoms with Crippen molar-refractivity contribution in [3.05, 3.63) is 69.4 Å². The summed E-state index contributed by atoms with van der Waals surface area (Å²) in [6.07, 6.45) is -3.15. The first-order chi connectivity index (χ1) is 19.1. The molecule has 0 fully saturated rings. The number of ketones is 1. The second-order valence-corrected chi connectivity index (χ2v) is 9.91. The Bertz CT molecular complexity index is 1420. The van der Waals surface area contributed by atoms with Crippen molar-refractivity contribution in [2.75, 3.05) is 32.4 Å². The molecule has 8 nitrogen and oxygen atoms in total. The molecule has 0 saturated heterocycles. The van der Waals surface area contributed by atoms with E-state index < -0.39 is 23.6 Å². The number of ether oxygens (including phenoxy) is 3. The molecule has 40 heavy (non-hydrogen) atoms. The van der Waals surface area contributed by atoms with E-state index in [1.165, 1.54) is 39.5 Å². The van der Waals surface area contributed by atoms with E-state index in [2.05, 4.69) is 16.7 Å². The van der Waals surface area contributed by atoms with E-state index in [9.17, 15) is 28.0 Å². The molecule has 2 aromatic rings. The predicted molar refractivity (Wildman–Crippen MR) is 143 cm³/mol. The maximum absolute atomic E-state index is 13.4. The minimum Gasteiger partial charge on any atom is -0.493 e. The first kappa shape index (κ1) is 28.9. The Morgan fingerprint density at radius 2 is 1.80 bits per heavy atom. The van der Waals surface area contributed by atoms with Gasteiger partial charge < -0.3 is 24.8 Å². The summed E-state index contributed by atoms with van der Waals surface area (Å²) in [7, 11) is 4.37. The molecule has 0 bridgehead atoms. The molecule has 0 aromatic heterocycles. The molecule has 0 spiro atoms. The largest absolute Gasteiger partial charge is 0.493 e. The van der Waals surface area contributed by atoms with E-state index in [1.807, 2.05) is 0 Å². The smallest absolute Gasteiger partial charge is 0.418 e. The van der Waals surface area contributed by atoms with Crippen molar-refractivity contribution in [2.24, 2.45) is 0 Å². The molecular weight excluding hydrogens is 547 g/mol. The second-order valence-electron chi connectivity index (χ2n) is 8.92. The average Bonchev–Trinajstić information content (AvgIpc) is 2.94. The second kappa shape index (κ2) is 12.0. The van der Waals surface area contributed by atoms with Gasteiger partial charge in [0.15, 0.2) is 17.3 Å². The molecule has 12 heteroatoms. The van der Waals surface area contributed by atoms with Crippen molar-refractivity contribution in [1.29, 1.82) is 5.26 Å². The van der Waals surface area contributed by atoms with E-state index in [0.29, 0.717) is 58.4 Å². The predicted octanol–water partition coefficient (Wildman–Crippen LogP) is 5.53. The van der Waals surface area contributed by atoms with Crippen LogP contribution >= 0.6 is 11.8 Å². The molecule has 1 heterocycles. The lowest BCUT2D eigenvalue weighted by Gasteiger charge is -2.33. The highest BCUT2D eigenvalue weighted by molar-refractivity contribution is 8.03. The summed E-state index contributed by atoms with van der Waals surface area (Å²) in [6, 6.07) is 10.2. The van der Waals surface area contributed by atoms with Crippen molar-refractivity contribution >= 4 is 29.1 Å². The number of carbonyl (C=O) groups excluding carboxylic acids is 2. The summed E-state index contributed by atoms with van der Waals surface area (Å²) in [5.41, 5.74) is 0.516. The number of nitrogens with zero attached hydrogens (tertiary/aromatic N) is 1. The Balaban J connectivity index is 1.70. The number of Topliss-reactive ketones (excluding diaryl/α,β-unsaturated/α-hetero) is 1. The third-order valence-electron chi connectivity index (χ3n) is 6.54. The van der Waals surface area contributed by atoms with E-state index in [1.54, 1.807) is 12.1 Å². The zero-order valence-electron chi connectivity index (χ0n) is 21.9. The Labute approximate surface area is 233 Å². The van der Waals surface area contributed by atoms with Gasteiger partial charge in [-0.25, -0.2) is 0 Å². The van der Waals surface area contributed by atoms with Gasteiger partial charge in [0.25, 0.3) is 0 Å². The maximum Gasteiger partial charge on any atom is 0.418 e. The fourth-order valence-electron chi connectivity index (χ4n) is 4.80. The topological polar surface area (TPSA) is 110 Å². The zero-order chi connectivity index (χ0) is 29.0. The van der Waals surface area contributed by atoms with Crippen LogP contribution in [0.2, 0.25) is 0 Å². The molecule has 1 aliphatic heterocycles. The van der Waals surface area contributed by atoms with Gasteiger partial charge in [-0.3, -0.25) is 9.59 Å². The summed E-state index contributed by atoms with van der Waals surface area (Å²) in [6.45, 7) is 0. The lowest BCUT2D eigenvalue weighted by molar-refractivity contribution is -0.137. The lowest BCUT2D eigenvalue weighted by atomic mass is 9.76. The van der Waals surface area contributed by atoms with Crippen LogP contribution in [0.25, 0.3) is 0 Å². The van der Waals surface area contributed by atoms with Crippen molar-refractivity contribution in [3.8, 4) is 23.3 Å². The molecule has 1 atom stereocenters.